The van der Waals surface area contributed by atoms with Crippen molar-refractivity contribution < 1.29 is 0 Å². The van der Waals surface area contributed by atoms with Crippen LogP contribution >= 0.6 is 0 Å². The Morgan fingerprint density at radius 2 is 1.67 bits per heavy atom. The summed E-state index contributed by atoms with van der Waals surface area (Å²) in [5.41, 5.74) is 2.53. The molecule has 0 atom stereocenters. The minimum Gasteiger partial charge on any atom is -0.0959 e. The average molecular weight is 258 g/mol. The molecule has 0 aliphatic carbocycles. The van der Waals surface area contributed by atoms with Gasteiger partial charge in [-0.15, -0.1) is 0 Å². The lowest BCUT2D eigenvalue weighted by atomic mass is 10.1. The molecular weight excluding hydrogens is 232 g/mol. The average Bonchev–Trinajstić information content (AvgIpc) is 2.36. The SMILES string of the molecule is C=C(CCCC)C(=C)C[Si](C)(C)c1ccccc1. The Bertz CT molecular complexity index is 401. The van der Waals surface area contributed by atoms with E-state index in [0.29, 0.717) is 0 Å². The van der Waals surface area contributed by atoms with E-state index in [2.05, 4.69) is 63.5 Å². The van der Waals surface area contributed by atoms with Gasteiger partial charge in [-0.3, -0.25) is 0 Å². The van der Waals surface area contributed by atoms with E-state index in [9.17, 15) is 0 Å². The summed E-state index contributed by atoms with van der Waals surface area (Å²) in [7, 11) is -1.40. The molecule has 0 fully saturated rings. The lowest BCUT2D eigenvalue weighted by Crippen LogP contribution is -2.41. The van der Waals surface area contributed by atoms with E-state index in [-0.39, 0.29) is 0 Å². The molecule has 0 unspecified atom stereocenters. The van der Waals surface area contributed by atoms with Crippen LogP contribution in [0.15, 0.2) is 54.6 Å². The first kappa shape index (κ1) is 15.0. The van der Waals surface area contributed by atoms with Crippen molar-refractivity contribution >= 4 is 13.3 Å². The van der Waals surface area contributed by atoms with Crippen molar-refractivity contribution in [2.75, 3.05) is 0 Å². The van der Waals surface area contributed by atoms with Crippen LogP contribution in [0.25, 0.3) is 0 Å². The lowest BCUT2D eigenvalue weighted by molar-refractivity contribution is 0.793. The maximum Gasteiger partial charge on any atom is 0.0849 e. The monoisotopic (exact) mass is 258 g/mol. The van der Waals surface area contributed by atoms with Gasteiger partial charge in [0.05, 0.1) is 8.07 Å². The Hall–Kier alpha value is -1.08. The van der Waals surface area contributed by atoms with Crippen LogP contribution in [0, 0.1) is 0 Å². The first-order valence-corrected chi connectivity index (χ1v) is 10.1. The van der Waals surface area contributed by atoms with Gasteiger partial charge in [-0.05, 0) is 18.9 Å². The van der Waals surface area contributed by atoms with E-state index in [1.54, 1.807) is 0 Å². The Morgan fingerprint density at radius 1 is 1.06 bits per heavy atom. The van der Waals surface area contributed by atoms with Gasteiger partial charge in [-0.1, -0.05) is 86.3 Å². The number of allylic oxidation sites excluding steroid dienone is 2. The normalized spacial score (nSPS) is 11.3. The highest BCUT2D eigenvalue weighted by Crippen LogP contribution is 2.23. The molecule has 0 aromatic heterocycles. The lowest BCUT2D eigenvalue weighted by Gasteiger charge is -2.25. The molecule has 0 amide bonds. The summed E-state index contributed by atoms with van der Waals surface area (Å²) in [6.07, 6.45) is 3.56. The summed E-state index contributed by atoms with van der Waals surface area (Å²) in [5.74, 6) is 0. The van der Waals surface area contributed by atoms with Gasteiger partial charge in [0.15, 0.2) is 0 Å². The molecule has 0 saturated carbocycles. The second-order valence-corrected chi connectivity index (χ2v) is 10.4. The predicted molar refractivity (Wildman–Crippen MR) is 86.2 cm³/mol. The zero-order valence-corrected chi connectivity index (χ0v) is 13.1. The van der Waals surface area contributed by atoms with Crippen LogP contribution in [0.3, 0.4) is 0 Å². The van der Waals surface area contributed by atoms with E-state index in [1.807, 2.05) is 0 Å². The van der Waals surface area contributed by atoms with E-state index >= 15 is 0 Å². The molecule has 0 nitrogen and oxygen atoms in total. The topological polar surface area (TPSA) is 0 Å². The number of hydrogen-bond acceptors (Lipinski definition) is 0. The second-order valence-electron chi connectivity index (χ2n) is 5.74. The van der Waals surface area contributed by atoms with Crippen LogP contribution in [0.5, 0.6) is 0 Å². The maximum atomic E-state index is 4.25. The van der Waals surface area contributed by atoms with Gasteiger partial charge in [0, 0.05) is 0 Å². The van der Waals surface area contributed by atoms with E-state index in [4.69, 9.17) is 0 Å². The molecule has 0 saturated heterocycles. The first-order chi connectivity index (χ1) is 8.47. The van der Waals surface area contributed by atoms with Crippen LogP contribution in [0.2, 0.25) is 19.1 Å². The molecule has 18 heavy (non-hydrogen) atoms. The van der Waals surface area contributed by atoms with Gasteiger partial charge in [0.1, 0.15) is 0 Å². The van der Waals surface area contributed by atoms with Crippen molar-refractivity contribution in [3.63, 3.8) is 0 Å². The molecule has 0 N–H and O–H groups in total. The number of hydrogen-bond donors (Lipinski definition) is 0. The number of unbranched alkanes of at least 4 members (excludes halogenated alkanes) is 1. The largest absolute Gasteiger partial charge is 0.0959 e. The van der Waals surface area contributed by atoms with Crippen LogP contribution in [0.4, 0.5) is 0 Å². The predicted octanol–water partition coefficient (Wildman–Crippen LogP) is 4.90. The van der Waals surface area contributed by atoms with E-state index in [1.165, 1.54) is 29.2 Å². The summed E-state index contributed by atoms with van der Waals surface area (Å²) in [4.78, 5) is 0. The highest BCUT2D eigenvalue weighted by Gasteiger charge is 2.24. The third-order valence-corrected chi connectivity index (χ3v) is 6.75. The molecule has 1 rings (SSSR count). The summed E-state index contributed by atoms with van der Waals surface area (Å²) in [6.45, 7) is 15.5. The molecule has 0 spiro atoms. The van der Waals surface area contributed by atoms with Gasteiger partial charge >= 0.3 is 0 Å². The quantitative estimate of drug-likeness (QED) is 0.482. The molecule has 0 bridgehead atoms. The fourth-order valence-electron chi connectivity index (χ4n) is 2.22. The van der Waals surface area contributed by atoms with Crippen molar-refractivity contribution in [1.82, 2.24) is 0 Å². The highest BCUT2D eigenvalue weighted by atomic mass is 28.3. The summed E-state index contributed by atoms with van der Waals surface area (Å²) in [5, 5.41) is 1.51. The van der Waals surface area contributed by atoms with Crippen LogP contribution < -0.4 is 5.19 Å². The van der Waals surface area contributed by atoms with Crippen LogP contribution in [0.1, 0.15) is 26.2 Å². The minimum absolute atomic E-state index is 1.11. The molecule has 1 aromatic carbocycles. The molecule has 0 aliphatic rings. The molecule has 1 heteroatoms. The Morgan fingerprint density at radius 3 is 2.22 bits per heavy atom. The van der Waals surface area contributed by atoms with E-state index < -0.39 is 8.07 Å². The zero-order valence-electron chi connectivity index (χ0n) is 12.1. The van der Waals surface area contributed by atoms with E-state index in [0.717, 1.165) is 12.5 Å². The second kappa shape index (κ2) is 6.74. The Balaban J connectivity index is 2.66. The zero-order chi connectivity index (χ0) is 13.6. The molecule has 0 aliphatic heterocycles. The molecule has 0 heterocycles. The number of benzene rings is 1. The minimum atomic E-state index is -1.40. The van der Waals surface area contributed by atoms with Crippen molar-refractivity contribution in [1.29, 1.82) is 0 Å². The van der Waals surface area contributed by atoms with Crippen molar-refractivity contribution in [2.24, 2.45) is 0 Å². The van der Waals surface area contributed by atoms with Crippen molar-refractivity contribution in [3.05, 3.63) is 54.6 Å². The Kier molecular flexibility index (Phi) is 5.61. The summed E-state index contributed by atoms with van der Waals surface area (Å²) >= 11 is 0. The van der Waals surface area contributed by atoms with Gasteiger partial charge in [-0.25, -0.2) is 0 Å². The summed E-state index contributed by atoms with van der Waals surface area (Å²) < 4.78 is 0. The van der Waals surface area contributed by atoms with Crippen molar-refractivity contribution in [3.8, 4) is 0 Å². The molecule has 98 valence electrons. The number of rotatable bonds is 7. The van der Waals surface area contributed by atoms with Gasteiger partial charge < -0.3 is 0 Å². The highest BCUT2D eigenvalue weighted by molar-refractivity contribution is 6.90. The van der Waals surface area contributed by atoms with Gasteiger partial charge in [-0.2, -0.15) is 0 Å². The fourth-order valence-corrected chi connectivity index (χ4v) is 4.83. The van der Waals surface area contributed by atoms with Crippen LogP contribution in [-0.2, 0) is 0 Å². The fraction of sp³-hybridized carbons (Fsp3) is 0.412. The Labute approximate surface area is 113 Å². The van der Waals surface area contributed by atoms with Crippen LogP contribution in [-0.4, -0.2) is 8.07 Å². The maximum absolute atomic E-state index is 4.25. The molecule has 0 radical (unpaired) electrons. The third-order valence-electron chi connectivity index (χ3n) is 3.54. The first-order valence-electron chi connectivity index (χ1n) is 6.89. The molecule has 1 aromatic rings. The third kappa shape index (κ3) is 4.30. The standard InChI is InChI=1S/C17H26Si/c1-6-7-11-15(2)16(3)14-18(4,5)17-12-9-8-10-13-17/h8-10,12-13H,2-3,6-7,11,14H2,1,4-5H3. The van der Waals surface area contributed by atoms with Gasteiger partial charge in [0.2, 0.25) is 0 Å². The van der Waals surface area contributed by atoms with Gasteiger partial charge in [0.25, 0.3) is 0 Å². The molecular formula is C17H26Si. The smallest absolute Gasteiger partial charge is 0.0849 e. The van der Waals surface area contributed by atoms with Crippen molar-refractivity contribution in [2.45, 2.75) is 45.3 Å². The summed E-state index contributed by atoms with van der Waals surface area (Å²) in [6, 6.07) is 12.0.